The molecule has 2 saturated heterocycles. The van der Waals surface area contributed by atoms with Crippen LogP contribution in [0.25, 0.3) is 0 Å². The van der Waals surface area contributed by atoms with E-state index in [0.717, 1.165) is 25.4 Å². The highest BCUT2D eigenvalue weighted by Crippen LogP contribution is 2.32. The number of halogens is 1. The van der Waals surface area contributed by atoms with Crippen LogP contribution in [-0.4, -0.2) is 43.4 Å². The van der Waals surface area contributed by atoms with E-state index < -0.39 is 0 Å². The fourth-order valence-electron chi connectivity index (χ4n) is 2.53. The molecule has 18 heavy (non-hydrogen) atoms. The summed E-state index contributed by atoms with van der Waals surface area (Å²) in [5.74, 6) is 0.459. The van der Waals surface area contributed by atoms with Gasteiger partial charge in [-0.25, -0.2) is 9.78 Å². The third kappa shape index (κ3) is 1.89. The highest BCUT2D eigenvalue weighted by Gasteiger charge is 2.39. The molecule has 3 rings (SSSR count). The van der Waals surface area contributed by atoms with Crippen LogP contribution in [0.4, 0.5) is 5.82 Å². The Balaban J connectivity index is 1.91. The lowest BCUT2D eigenvalue weighted by molar-refractivity contribution is 0.0599. The van der Waals surface area contributed by atoms with Crippen LogP contribution >= 0.6 is 15.9 Å². The van der Waals surface area contributed by atoms with Gasteiger partial charge in [0.1, 0.15) is 5.82 Å². The van der Waals surface area contributed by atoms with Crippen LogP contribution in [0, 0.1) is 0 Å². The summed E-state index contributed by atoms with van der Waals surface area (Å²) in [4.78, 5) is 18.2. The maximum atomic E-state index is 11.6. The fraction of sp³-hybridized carbons (Fsp3) is 0.500. The second-order valence-electron chi connectivity index (χ2n) is 4.51. The number of methoxy groups -OCH3 is 1. The predicted octanol–water partition coefficient (Wildman–Crippen LogP) is 1.61. The van der Waals surface area contributed by atoms with Gasteiger partial charge in [-0.15, -0.1) is 0 Å². The summed E-state index contributed by atoms with van der Waals surface area (Å²) in [6, 6.07) is 2.16. The van der Waals surface area contributed by atoms with Gasteiger partial charge in [0.25, 0.3) is 0 Å². The number of anilines is 1. The molecule has 0 saturated carbocycles. The van der Waals surface area contributed by atoms with Crippen LogP contribution < -0.4 is 4.90 Å². The van der Waals surface area contributed by atoms with Gasteiger partial charge in [-0.2, -0.15) is 0 Å². The van der Waals surface area contributed by atoms with Crippen LogP contribution in [0.15, 0.2) is 16.7 Å². The smallest absolute Gasteiger partial charge is 0.339 e. The second-order valence-corrected chi connectivity index (χ2v) is 5.37. The first kappa shape index (κ1) is 11.9. The number of fused-ring (bicyclic) bond motifs is 2. The normalized spacial score (nSPS) is 25.6. The van der Waals surface area contributed by atoms with Crippen molar-refractivity contribution in [1.82, 2.24) is 4.98 Å². The van der Waals surface area contributed by atoms with Gasteiger partial charge >= 0.3 is 5.97 Å². The molecule has 0 unspecified atom stereocenters. The van der Waals surface area contributed by atoms with Gasteiger partial charge in [-0.3, -0.25) is 0 Å². The standard InChI is InChI=1S/C12H13BrN2O3/c1-17-12(16)9-3-11(14-4-10(9)13)15-5-8-2-7(15)6-18-8/h3-4,7-8H,2,5-6H2,1H3/t7-,8-/m1/s1. The fourth-order valence-corrected chi connectivity index (χ4v) is 2.91. The summed E-state index contributed by atoms with van der Waals surface area (Å²) in [6.07, 6.45) is 3.00. The van der Waals surface area contributed by atoms with Gasteiger partial charge in [0, 0.05) is 12.7 Å². The minimum Gasteiger partial charge on any atom is -0.465 e. The molecule has 2 aliphatic rings. The molecule has 5 nitrogen and oxygen atoms in total. The van der Waals surface area contributed by atoms with Crippen molar-refractivity contribution in [2.45, 2.75) is 18.6 Å². The van der Waals surface area contributed by atoms with Crippen molar-refractivity contribution in [1.29, 1.82) is 0 Å². The van der Waals surface area contributed by atoms with Crippen molar-refractivity contribution in [2.75, 3.05) is 25.2 Å². The molecular weight excluding hydrogens is 300 g/mol. The van der Waals surface area contributed by atoms with Crippen molar-refractivity contribution in [2.24, 2.45) is 0 Å². The molecule has 0 N–H and O–H groups in total. The Morgan fingerprint density at radius 1 is 1.67 bits per heavy atom. The van der Waals surface area contributed by atoms with E-state index in [1.165, 1.54) is 7.11 Å². The van der Waals surface area contributed by atoms with E-state index in [1.54, 1.807) is 12.3 Å². The number of nitrogens with zero attached hydrogens (tertiary/aromatic N) is 2. The van der Waals surface area contributed by atoms with Gasteiger partial charge in [0.15, 0.2) is 0 Å². The average molecular weight is 313 g/mol. The summed E-state index contributed by atoms with van der Waals surface area (Å²) in [6.45, 7) is 1.59. The minimum atomic E-state index is -0.355. The molecule has 6 heteroatoms. The first-order chi connectivity index (χ1) is 8.69. The van der Waals surface area contributed by atoms with E-state index in [2.05, 4.69) is 25.8 Å². The number of ether oxygens (including phenoxy) is 2. The number of carbonyl (C=O) groups excluding carboxylic acids is 1. The van der Waals surface area contributed by atoms with Crippen molar-refractivity contribution < 1.29 is 14.3 Å². The van der Waals surface area contributed by atoms with Crippen molar-refractivity contribution in [3.63, 3.8) is 0 Å². The predicted molar refractivity (Wildman–Crippen MR) is 68.8 cm³/mol. The summed E-state index contributed by atoms with van der Waals surface area (Å²) in [5.41, 5.74) is 0.506. The lowest BCUT2D eigenvalue weighted by Gasteiger charge is -2.28. The summed E-state index contributed by atoms with van der Waals surface area (Å²) in [5, 5.41) is 0. The van der Waals surface area contributed by atoms with Crippen LogP contribution in [0.5, 0.6) is 0 Å². The first-order valence-electron chi connectivity index (χ1n) is 5.81. The van der Waals surface area contributed by atoms with Crippen LogP contribution in [0.3, 0.4) is 0 Å². The van der Waals surface area contributed by atoms with E-state index in [9.17, 15) is 4.79 Å². The highest BCUT2D eigenvalue weighted by atomic mass is 79.9. The molecule has 2 atom stereocenters. The number of rotatable bonds is 2. The second kappa shape index (κ2) is 4.51. The Kier molecular flexibility index (Phi) is 2.99. The Bertz CT molecular complexity index is 494. The molecule has 2 aliphatic heterocycles. The van der Waals surface area contributed by atoms with Gasteiger partial charge in [0.2, 0.25) is 0 Å². The van der Waals surface area contributed by atoms with Gasteiger partial charge in [0.05, 0.1) is 35.9 Å². The lowest BCUT2D eigenvalue weighted by Crippen LogP contribution is -2.37. The van der Waals surface area contributed by atoms with Crippen LogP contribution in [0.1, 0.15) is 16.8 Å². The number of carbonyl (C=O) groups is 1. The molecule has 0 aromatic carbocycles. The van der Waals surface area contributed by atoms with E-state index in [4.69, 9.17) is 9.47 Å². The largest absolute Gasteiger partial charge is 0.465 e. The molecule has 96 valence electrons. The zero-order valence-electron chi connectivity index (χ0n) is 9.93. The number of aromatic nitrogens is 1. The third-order valence-corrected chi connectivity index (χ3v) is 4.07. The topological polar surface area (TPSA) is 51.7 Å². The molecule has 0 spiro atoms. The quantitative estimate of drug-likeness (QED) is 0.777. The van der Waals surface area contributed by atoms with E-state index in [1.807, 2.05) is 0 Å². The Labute approximate surface area is 113 Å². The molecule has 3 heterocycles. The van der Waals surface area contributed by atoms with E-state index >= 15 is 0 Å². The van der Waals surface area contributed by atoms with Crippen LogP contribution in [-0.2, 0) is 9.47 Å². The zero-order chi connectivity index (χ0) is 12.7. The molecule has 0 radical (unpaired) electrons. The number of hydrogen-bond acceptors (Lipinski definition) is 5. The average Bonchev–Trinajstić information content (AvgIpc) is 3.00. The third-order valence-electron chi connectivity index (χ3n) is 3.44. The summed E-state index contributed by atoms with van der Waals surface area (Å²) < 4.78 is 11.0. The van der Waals surface area contributed by atoms with Gasteiger partial charge < -0.3 is 14.4 Å². The number of pyridine rings is 1. The van der Waals surface area contributed by atoms with Crippen molar-refractivity contribution in [3.05, 3.63) is 22.3 Å². The SMILES string of the molecule is COC(=O)c1cc(N2C[C@H]3C[C@@H]2CO3)ncc1Br. The molecule has 0 amide bonds. The summed E-state index contributed by atoms with van der Waals surface area (Å²) in [7, 11) is 1.38. The van der Waals surface area contributed by atoms with Crippen molar-refractivity contribution in [3.8, 4) is 0 Å². The summed E-state index contributed by atoms with van der Waals surface area (Å²) >= 11 is 3.31. The molecule has 1 aromatic heterocycles. The minimum absolute atomic E-state index is 0.307. The molecule has 1 aromatic rings. The Morgan fingerprint density at radius 3 is 3.11 bits per heavy atom. The molecule has 2 fully saturated rings. The number of hydrogen-bond donors (Lipinski definition) is 0. The van der Waals surface area contributed by atoms with E-state index in [0.29, 0.717) is 22.2 Å². The molecule has 2 bridgehead atoms. The maximum Gasteiger partial charge on any atom is 0.339 e. The van der Waals surface area contributed by atoms with Gasteiger partial charge in [-0.05, 0) is 28.4 Å². The lowest BCUT2D eigenvalue weighted by atomic mass is 10.2. The van der Waals surface area contributed by atoms with Gasteiger partial charge in [-0.1, -0.05) is 0 Å². The molecular formula is C12H13BrN2O3. The first-order valence-corrected chi connectivity index (χ1v) is 6.60. The Morgan fingerprint density at radius 2 is 2.50 bits per heavy atom. The van der Waals surface area contributed by atoms with Crippen LogP contribution in [0.2, 0.25) is 0 Å². The monoisotopic (exact) mass is 312 g/mol. The van der Waals surface area contributed by atoms with E-state index in [-0.39, 0.29) is 5.97 Å². The highest BCUT2D eigenvalue weighted by molar-refractivity contribution is 9.10. The Hall–Kier alpha value is -1.14. The zero-order valence-corrected chi connectivity index (χ0v) is 11.5. The molecule has 0 aliphatic carbocycles. The van der Waals surface area contributed by atoms with Crippen molar-refractivity contribution >= 4 is 27.7 Å². The maximum absolute atomic E-state index is 11.6. The number of morpholine rings is 1. The number of esters is 1.